The summed E-state index contributed by atoms with van der Waals surface area (Å²) in [5.74, 6) is 0. The van der Waals surface area contributed by atoms with Crippen molar-refractivity contribution in [2.75, 3.05) is 13.7 Å². The van der Waals surface area contributed by atoms with Gasteiger partial charge in [-0.3, -0.25) is 0 Å². The smallest absolute Gasteiger partial charge is 0.205 e. The summed E-state index contributed by atoms with van der Waals surface area (Å²) >= 11 is 5.42. The molecule has 1 saturated heterocycles. The normalized spacial score (nSPS) is 26.9. The van der Waals surface area contributed by atoms with Gasteiger partial charge in [0.05, 0.1) is 17.1 Å². The minimum absolute atomic E-state index is 0.0893. The highest BCUT2D eigenvalue weighted by molar-refractivity contribution is 7.80. The summed E-state index contributed by atoms with van der Waals surface area (Å²) in [5, 5.41) is 0. The van der Waals surface area contributed by atoms with E-state index in [0.717, 1.165) is 24.4 Å². The second-order valence-corrected chi connectivity index (χ2v) is 8.51. The molecule has 0 aromatic rings. The van der Waals surface area contributed by atoms with Crippen molar-refractivity contribution in [3.63, 3.8) is 0 Å². The van der Waals surface area contributed by atoms with E-state index in [4.69, 9.17) is 16.6 Å². The molecule has 0 spiro atoms. The van der Waals surface area contributed by atoms with Crippen molar-refractivity contribution in [3.8, 4) is 0 Å². The van der Waals surface area contributed by atoms with Crippen LogP contribution in [-0.2, 0) is 4.43 Å². The van der Waals surface area contributed by atoms with Gasteiger partial charge < -0.3 is 9.33 Å². The molecule has 1 aliphatic heterocycles. The van der Waals surface area contributed by atoms with Gasteiger partial charge in [0.2, 0.25) is 9.04 Å². The van der Waals surface area contributed by atoms with Crippen molar-refractivity contribution in [2.45, 2.75) is 52.2 Å². The fourth-order valence-electron chi connectivity index (χ4n) is 2.42. The van der Waals surface area contributed by atoms with Crippen molar-refractivity contribution in [2.24, 2.45) is 5.41 Å². The molecule has 2 nitrogen and oxygen atoms in total. The van der Waals surface area contributed by atoms with E-state index in [0.29, 0.717) is 0 Å². The average molecular weight is 258 g/mol. The SMILES string of the molecule is CN1C(=S)CC[C@@]1(CO[Si](C)C)C(C)(C)C. The van der Waals surface area contributed by atoms with E-state index in [2.05, 4.69) is 45.8 Å². The van der Waals surface area contributed by atoms with Crippen LogP contribution in [-0.4, -0.2) is 38.1 Å². The van der Waals surface area contributed by atoms with Gasteiger partial charge in [0, 0.05) is 13.5 Å². The second kappa shape index (κ2) is 4.74. The average Bonchev–Trinajstić information content (AvgIpc) is 2.41. The Morgan fingerprint density at radius 2 is 2.00 bits per heavy atom. The Morgan fingerprint density at radius 1 is 1.44 bits per heavy atom. The number of likely N-dealkylation sites (N-methyl/N-ethyl adjacent to an activating group) is 1. The third-order valence-corrected chi connectivity index (χ3v) is 4.96. The van der Waals surface area contributed by atoms with Crippen molar-refractivity contribution in [1.82, 2.24) is 4.90 Å². The summed E-state index contributed by atoms with van der Waals surface area (Å²) < 4.78 is 5.97. The van der Waals surface area contributed by atoms with Gasteiger partial charge in [0.1, 0.15) is 0 Å². The number of likely N-dealkylation sites (tertiary alicyclic amines) is 1. The van der Waals surface area contributed by atoms with Gasteiger partial charge in [-0.1, -0.05) is 33.0 Å². The van der Waals surface area contributed by atoms with Crippen molar-refractivity contribution < 1.29 is 4.43 Å². The number of hydrogen-bond acceptors (Lipinski definition) is 2. The lowest BCUT2D eigenvalue weighted by atomic mass is 9.72. The Balaban J connectivity index is 2.91. The van der Waals surface area contributed by atoms with Crippen molar-refractivity contribution >= 4 is 26.2 Å². The van der Waals surface area contributed by atoms with Crippen LogP contribution in [0.2, 0.25) is 13.1 Å². The third-order valence-electron chi connectivity index (χ3n) is 3.76. The molecule has 1 rings (SSSR count). The highest BCUT2D eigenvalue weighted by Crippen LogP contribution is 2.44. The minimum Gasteiger partial charge on any atom is -0.415 e. The van der Waals surface area contributed by atoms with Crippen LogP contribution in [0.25, 0.3) is 0 Å². The van der Waals surface area contributed by atoms with E-state index >= 15 is 0 Å². The van der Waals surface area contributed by atoms with Gasteiger partial charge in [0.15, 0.2) is 0 Å². The Hall–Kier alpha value is 0.0669. The summed E-state index contributed by atoms with van der Waals surface area (Å²) in [6, 6.07) is 0. The molecule has 16 heavy (non-hydrogen) atoms. The molecule has 1 atom stereocenters. The molecule has 1 radical (unpaired) electrons. The molecule has 93 valence electrons. The second-order valence-electron chi connectivity index (χ2n) is 5.93. The van der Waals surface area contributed by atoms with Crippen LogP contribution in [0.1, 0.15) is 33.6 Å². The predicted octanol–water partition coefficient (Wildman–Crippen LogP) is 3.09. The topological polar surface area (TPSA) is 12.5 Å². The lowest BCUT2D eigenvalue weighted by Gasteiger charge is -2.47. The zero-order valence-electron chi connectivity index (χ0n) is 11.4. The lowest BCUT2D eigenvalue weighted by molar-refractivity contribution is 0.0245. The standard InChI is InChI=1S/C12H24NOSSi/c1-11(2,3)12(9-14-16(5)6)8-7-10(15)13(12)4/h7-9H2,1-6H3/t12-/m1/s1. The largest absolute Gasteiger partial charge is 0.415 e. The first kappa shape index (κ1) is 14.1. The lowest BCUT2D eigenvalue weighted by Crippen LogP contribution is -2.56. The molecule has 1 fully saturated rings. The Labute approximate surface area is 107 Å². The van der Waals surface area contributed by atoms with Gasteiger partial charge in [-0.05, 0) is 24.9 Å². The fourth-order valence-corrected chi connectivity index (χ4v) is 3.22. The van der Waals surface area contributed by atoms with Crippen LogP contribution >= 0.6 is 12.2 Å². The monoisotopic (exact) mass is 258 g/mol. The zero-order valence-corrected chi connectivity index (χ0v) is 13.2. The summed E-state index contributed by atoms with van der Waals surface area (Å²) in [6.07, 6.45) is 2.16. The van der Waals surface area contributed by atoms with Crippen LogP contribution in [0.3, 0.4) is 0 Å². The summed E-state index contributed by atoms with van der Waals surface area (Å²) in [7, 11) is 1.50. The molecule has 0 aromatic carbocycles. The van der Waals surface area contributed by atoms with Gasteiger partial charge in [-0.2, -0.15) is 0 Å². The summed E-state index contributed by atoms with van der Waals surface area (Å²) in [5.41, 5.74) is 0.283. The van der Waals surface area contributed by atoms with Gasteiger partial charge >= 0.3 is 0 Å². The van der Waals surface area contributed by atoms with Crippen LogP contribution in [0, 0.1) is 5.41 Å². The number of rotatable bonds is 3. The van der Waals surface area contributed by atoms with Gasteiger partial charge in [0.25, 0.3) is 0 Å². The first-order valence-electron chi connectivity index (χ1n) is 5.90. The molecule has 0 N–H and O–H groups in total. The van der Waals surface area contributed by atoms with E-state index < -0.39 is 9.04 Å². The van der Waals surface area contributed by atoms with Crippen molar-refractivity contribution in [3.05, 3.63) is 0 Å². The summed E-state index contributed by atoms with van der Waals surface area (Å²) in [4.78, 5) is 3.37. The number of thiocarbonyl (C=S) groups is 1. The van der Waals surface area contributed by atoms with E-state index in [9.17, 15) is 0 Å². The van der Waals surface area contributed by atoms with E-state index in [1.165, 1.54) is 0 Å². The minimum atomic E-state index is -0.629. The van der Waals surface area contributed by atoms with E-state index in [1.54, 1.807) is 0 Å². The van der Waals surface area contributed by atoms with Crippen LogP contribution in [0.15, 0.2) is 0 Å². The molecule has 0 saturated carbocycles. The van der Waals surface area contributed by atoms with E-state index in [-0.39, 0.29) is 11.0 Å². The highest BCUT2D eigenvalue weighted by Gasteiger charge is 2.49. The molecule has 0 amide bonds. The Kier molecular flexibility index (Phi) is 4.19. The number of nitrogens with zero attached hydrogens (tertiary/aromatic N) is 1. The molecular weight excluding hydrogens is 234 g/mol. The van der Waals surface area contributed by atoms with Crippen LogP contribution in [0.4, 0.5) is 0 Å². The van der Waals surface area contributed by atoms with Gasteiger partial charge in [-0.15, -0.1) is 0 Å². The van der Waals surface area contributed by atoms with Crippen molar-refractivity contribution in [1.29, 1.82) is 0 Å². The molecule has 1 aliphatic rings. The van der Waals surface area contributed by atoms with Crippen LogP contribution < -0.4 is 0 Å². The van der Waals surface area contributed by atoms with Gasteiger partial charge in [-0.25, -0.2) is 0 Å². The maximum absolute atomic E-state index is 5.97. The molecule has 0 aliphatic carbocycles. The summed E-state index contributed by atoms with van der Waals surface area (Å²) in [6.45, 7) is 12.1. The maximum atomic E-state index is 5.97. The van der Waals surface area contributed by atoms with Crippen LogP contribution in [0.5, 0.6) is 0 Å². The molecule has 4 heteroatoms. The third kappa shape index (κ3) is 2.49. The molecule has 0 aromatic heterocycles. The van der Waals surface area contributed by atoms with E-state index in [1.807, 2.05) is 0 Å². The molecule has 1 heterocycles. The molecule has 0 unspecified atom stereocenters. The molecule has 0 bridgehead atoms. The maximum Gasteiger partial charge on any atom is 0.205 e. The Morgan fingerprint density at radius 3 is 2.31 bits per heavy atom. The zero-order chi connectivity index (χ0) is 12.6. The fraction of sp³-hybridized carbons (Fsp3) is 0.917. The first-order valence-corrected chi connectivity index (χ1v) is 8.72. The first-order chi connectivity index (χ1) is 7.21. The number of hydrogen-bond donors (Lipinski definition) is 0. The molecular formula is C12H24NOSSi. The highest BCUT2D eigenvalue weighted by atomic mass is 32.1. The predicted molar refractivity (Wildman–Crippen MR) is 75.2 cm³/mol. The Bertz CT molecular complexity index is 275. The quantitative estimate of drug-likeness (QED) is 0.570.